The van der Waals surface area contributed by atoms with Gasteiger partial charge in [0.05, 0.1) is 0 Å². The summed E-state index contributed by atoms with van der Waals surface area (Å²) >= 11 is 1.35. The van der Waals surface area contributed by atoms with Gasteiger partial charge >= 0.3 is 0 Å². The van der Waals surface area contributed by atoms with E-state index in [1.807, 2.05) is 17.7 Å². The topological polar surface area (TPSA) is 67.7 Å². The Labute approximate surface area is 75.7 Å². The second-order valence-electron chi connectivity index (χ2n) is 2.38. The lowest BCUT2D eigenvalue weighted by atomic mass is 10.6. The fraction of sp³-hybridized carbons (Fsp3) is 0.429. The number of aryl methyl sites for hydroxylation is 2. The van der Waals surface area contributed by atoms with Crippen LogP contribution in [-0.2, 0) is 6.54 Å². The van der Waals surface area contributed by atoms with Crippen molar-refractivity contribution in [2.75, 3.05) is 5.75 Å². The van der Waals surface area contributed by atoms with Crippen molar-refractivity contribution in [3.8, 4) is 0 Å². The zero-order chi connectivity index (χ0) is 8.97. The van der Waals surface area contributed by atoms with Gasteiger partial charge in [0.15, 0.2) is 5.17 Å². The Morgan fingerprint density at radius 2 is 2.58 bits per heavy atom. The Hall–Kier alpha value is -0.970. The van der Waals surface area contributed by atoms with Gasteiger partial charge in [-0.05, 0) is 6.92 Å². The van der Waals surface area contributed by atoms with Crippen LogP contribution in [-0.4, -0.2) is 20.5 Å². The van der Waals surface area contributed by atoms with Gasteiger partial charge in [-0.1, -0.05) is 11.8 Å². The molecular formula is C7H12N4S. The third-order valence-electron chi connectivity index (χ3n) is 1.51. The maximum absolute atomic E-state index is 6.99. The molecular weight excluding hydrogens is 172 g/mol. The molecule has 0 aliphatic rings. The standard InChI is InChI=1S/C7H12N4S/c1-6-10-2-3-11(6)4-5-12-7(8)9/h2-3H,4-5H2,1H3,(H3,8,9). The van der Waals surface area contributed by atoms with Crippen LogP contribution in [0.3, 0.4) is 0 Å². The fourth-order valence-corrected chi connectivity index (χ4v) is 1.40. The number of nitrogens with one attached hydrogen (secondary N) is 1. The molecule has 0 saturated heterocycles. The number of imidazole rings is 1. The molecule has 1 rings (SSSR count). The maximum atomic E-state index is 6.99. The highest BCUT2D eigenvalue weighted by atomic mass is 32.2. The molecule has 3 N–H and O–H groups in total. The van der Waals surface area contributed by atoms with Gasteiger partial charge < -0.3 is 10.3 Å². The molecule has 0 atom stereocenters. The lowest BCUT2D eigenvalue weighted by molar-refractivity contribution is 0.739. The van der Waals surface area contributed by atoms with Crippen LogP contribution in [0.5, 0.6) is 0 Å². The zero-order valence-corrected chi connectivity index (χ0v) is 7.77. The number of aromatic nitrogens is 2. The van der Waals surface area contributed by atoms with Gasteiger partial charge in [-0.25, -0.2) is 4.98 Å². The van der Waals surface area contributed by atoms with Crippen molar-refractivity contribution in [3.05, 3.63) is 18.2 Å². The van der Waals surface area contributed by atoms with Crippen molar-refractivity contribution < 1.29 is 0 Å². The van der Waals surface area contributed by atoms with E-state index in [0.717, 1.165) is 18.1 Å². The van der Waals surface area contributed by atoms with E-state index < -0.39 is 0 Å². The first kappa shape index (κ1) is 9.12. The molecule has 0 aromatic carbocycles. The first-order valence-corrected chi connectivity index (χ1v) is 4.63. The molecule has 1 aromatic heterocycles. The highest BCUT2D eigenvalue weighted by molar-refractivity contribution is 8.13. The largest absolute Gasteiger partial charge is 0.379 e. The molecule has 66 valence electrons. The second-order valence-corrected chi connectivity index (χ2v) is 3.52. The number of amidine groups is 1. The van der Waals surface area contributed by atoms with Crippen molar-refractivity contribution in [2.45, 2.75) is 13.5 Å². The Bertz CT molecular complexity index is 268. The van der Waals surface area contributed by atoms with E-state index in [9.17, 15) is 0 Å². The summed E-state index contributed by atoms with van der Waals surface area (Å²) in [5, 5.41) is 7.17. The van der Waals surface area contributed by atoms with Crippen LogP contribution in [0.25, 0.3) is 0 Å². The Balaban J connectivity index is 2.33. The van der Waals surface area contributed by atoms with Gasteiger partial charge in [0.25, 0.3) is 0 Å². The Morgan fingerprint density at radius 3 is 3.08 bits per heavy atom. The van der Waals surface area contributed by atoms with E-state index in [-0.39, 0.29) is 5.17 Å². The normalized spacial score (nSPS) is 10.1. The highest BCUT2D eigenvalue weighted by Crippen LogP contribution is 2.01. The SMILES string of the molecule is Cc1nccn1CCSC(=N)N. The summed E-state index contributed by atoms with van der Waals surface area (Å²) in [5.41, 5.74) is 5.19. The van der Waals surface area contributed by atoms with E-state index >= 15 is 0 Å². The molecule has 0 bridgehead atoms. The van der Waals surface area contributed by atoms with E-state index in [2.05, 4.69) is 4.98 Å². The molecule has 12 heavy (non-hydrogen) atoms. The van der Waals surface area contributed by atoms with Crippen LogP contribution in [0.15, 0.2) is 12.4 Å². The summed E-state index contributed by atoms with van der Waals surface area (Å²) in [6, 6.07) is 0. The van der Waals surface area contributed by atoms with Crippen LogP contribution < -0.4 is 5.73 Å². The minimum absolute atomic E-state index is 0.174. The van der Waals surface area contributed by atoms with Gasteiger partial charge in [0, 0.05) is 24.7 Å². The van der Waals surface area contributed by atoms with Crippen LogP contribution >= 0.6 is 11.8 Å². The number of hydrogen-bond donors (Lipinski definition) is 2. The fourth-order valence-electron chi connectivity index (χ4n) is 0.894. The van der Waals surface area contributed by atoms with Gasteiger partial charge in [-0.15, -0.1) is 0 Å². The summed E-state index contributed by atoms with van der Waals surface area (Å²) in [4.78, 5) is 4.08. The summed E-state index contributed by atoms with van der Waals surface area (Å²) in [6.07, 6.45) is 3.70. The van der Waals surface area contributed by atoms with Crippen molar-refractivity contribution >= 4 is 16.9 Å². The maximum Gasteiger partial charge on any atom is 0.151 e. The summed E-state index contributed by atoms with van der Waals surface area (Å²) < 4.78 is 2.04. The summed E-state index contributed by atoms with van der Waals surface area (Å²) in [5.74, 6) is 1.83. The molecule has 1 aromatic rings. The Morgan fingerprint density at radius 1 is 1.83 bits per heavy atom. The van der Waals surface area contributed by atoms with Gasteiger partial charge in [0.1, 0.15) is 5.82 Å². The molecule has 0 aliphatic heterocycles. The molecule has 4 nitrogen and oxygen atoms in total. The van der Waals surface area contributed by atoms with Crippen molar-refractivity contribution in [1.82, 2.24) is 9.55 Å². The molecule has 0 spiro atoms. The number of hydrogen-bond acceptors (Lipinski definition) is 3. The predicted octanol–water partition coefficient (Wildman–Crippen LogP) is 0.818. The van der Waals surface area contributed by atoms with Crippen LogP contribution in [0, 0.1) is 12.3 Å². The molecule has 5 heteroatoms. The smallest absolute Gasteiger partial charge is 0.151 e. The average Bonchev–Trinajstić information content (AvgIpc) is 2.36. The number of nitrogens with zero attached hydrogens (tertiary/aromatic N) is 2. The zero-order valence-electron chi connectivity index (χ0n) is 6.95. The van der Waals surface area contributed by atoms with Gasteiger partial charge in [0.2, 0.25) is 0 Å². The minimum atomic E-state index is 0.174. The van der Waals surface area contributed by atoms with Crippen molar-refractivity contribution in [1.29, 1.82) is 5.41 Å². The van der Waals surface area contributed by atoms with Crippen LogP contribution in [0.4, 0.5) is 0 Å². The quantitative estimate of drug-likeness (QED) is 0.540. The lowest BCUT2D eigenvalue weighted by Gasteiger charge is -2.02. The van der Waals surface area contributed by atoms with Gasteiger partial charge in [-0.2, -0.15) is 0 Å². The van der Waals surface area contributed by atoms with E-state index in [1.54, 1.807) is 6.20 Å². The van der Waals surface area contributed by atoms with Crippen molar-refractivity contribution in [3.63, 3.8) is 0 Å². The Kier molecular flexibility index (Phi) is 3.16. The monoisotopic (exact) mass is 184 g/mol. The van der Waals surface area contributed by atoms with Gasteiger partial charge in [-0.3, -0.25) is 5.41 Å². The summed E-state index contributed by atoms with van der Waals surface area (Å²) in [6.45, 7) is 2.81. The minimum Gasteiger partial charge on any atom is -0.379 e. The second kappa shape index (κ2) is 4.15. The third-order valence-corrected chi connectivity index (χ3v) is 2.21. The first-order valence-electron chi connectivity index (χ1n) is 3.64. The molecule has 0 aliphatic carbocycles. The highest BCUT2D eigenvalue weighted by Gasteiger charge is 1.96. The molecule has 0 amide bonds. The van der Waals surface area contributed by atoms with E-state index in [4.69, 9.17) is 11.1 Å². The lowest BCUT2D eigenvalue weighted by Crippen LogP contribution is -2.08. The number of thioether (sulfide) groups is 1. The molecule has 0 unspecified atom stereocenters. The van der Waals surface area contributed by atoms with Crippen LogP contribution in [0.1, 0.15) is 5.82 Å². The molecule has 1 heterocycles. The predicted molar refractivity (Wildman–Crippen MR) is 51.3 cm³/mol. The first-order chi connectivity index (χ1) is 5.70. The third kappa shape index (κ3) is 2.58. The van der Waals surface area contributed by atoms with E-state index in [1.165, 1.54) is 11.8 Å². The number of rotatable bonds is 3. The number of nitrogens with two attached hydrogens (primary N) is 1. The summed E-state index contributed by atoms with van der Waals surface area (Å²) in [7, 11) is 0. The average molecular weight is 184 g/mol. The molecule has 0 fully saturated rings. The van der Waals surface area contributed by atoms with Crippen LogP contribution in [0.2, 0.25) is 0 Å². The van der Waals surface area contributed by atoms with E-state index in [0.29, 0.717) is 0 Å². The van der Waals surface area contributed by atoms with Crippen molar-refractivity contribution in [2.24, 2.45) is 5.73 Å². The molecule has 0 radical (unpaired) electrons. The molecule has 0 saturated carbocycles.